The van der Waals surface area contributed by atoms with Crippen LogP contribution in [-0.4, -0.2) is 101 Å². The number of aliphatic hydroxyl groups is 2. The predicted molar refractivity (Wildman–Crippen MR) is 153 cm³/mol. The van der Waals surface area contributed by atoms with Gasteiger partial charge in [0.25, 0.3) is 5.91 Å². The lowest BCUT2D eigenvalue weighted by Crippen LogP contribution is -2.74. The fraction of sp³-hybridized carbons (Fsp3) is 0.613. The van der Waals surface area contributed by atoms with Gasteiger partial charge in [-0.05, 0) is 63.4 Å². The van der Waals surface area contributed by atoms with Crippen LogP contribution in [0.5, 0.6) is 11.5 Å². The van der Waals surface area contributed by atoms with E-state index in [9.17, 15) is 34.5 Å². The van der Waals surface area contributed by atoms with E-state index in [1.54, 1.807) is 19.9 Å². The maximum absolute atomic E-state index is 13.0. The minimum Gasteiger partial charge on any atom is -0.493 e. The molecule has 7 atom stereocenters. The van der Waals surface area contributed by atoms with Crippen LogP contribution in [0.2, 0.25) is 0 Å². The Balaban J connectivity index is 1.27. The summed E-state index contributed by atoms with van der Waals surface area (Å²) in [6.45, 7) is 5.52. The summed E-state index contributed by atoms with van der Waals surface area (Å²) in [5.74, 6) is -3.07. The maximum Gasteiger partial charge on any atom is 0.336 e. The standard InChI is InChI=1S/C31H40N2O11/c1-15(2)12-18(28(37)38)32-27(36)16(3)42-29(39)19(34)14-23(35)43-21-8-9-31(40)22-13-17-6-7-20(41-5)25-24(17)30(31,26(21)44-25)10-11-33(22)4/h6-8,15-16,18-19,22,26,34,40H,9-14H2,1-5H3,(H,32,36)(H,37,38)/t16?,18?,19?,22-,26+,30+,31-/m1/s1. The smallest absolute Gasteiger partial charge is 0.336 e. The quantitative estimate of drug-likeness (QED) is 0.257. The van der Waals surface area contributed by atoms with Gasteiger partial charge in [0.1, 0.15) is 11.8 Å². The molecule has 1 aromatic carbocycles. The molecule has 2 aliphatic heterocycles. The molecule has 2 aliphatic carbocycles. The number of aliphatic hydroxyl groups excluding tert-OH is 1. The van der Waals surface area contributed by atoms with Crippen molar-refractivity contribution in [3.63, 3.8) is 0 Å². The molecule has 3 unspecified atom stereocenters. The van der Waals surface area contributed by atoms with Crippen LogP contribution < -0.4 is 14.8 Å². The number of likely N-dealkylation sites (tertiary alicyclic amines) is 1. The second kappa shape index (κ2) is 11.7. The zero-order valence-electron chi connectivity index (χ0n) is 25.5. The fourth-order valence-electron chi connectivity index (χ4n) is 7.29. The van der Waals surface area contributed by atoms with E-state index in [1.165, 1.54) is 14.0 Å². The third kappa shape index (κ3) is 5.10. The summed E-state index contributed by atoms with van der Waals surface area (Å²) < 4.78 is 22.7. The zero-order valence-corrected chi connectivity index (χ0v) is 25.5. The highest BCUT2D eigenvalue weighted by molar-refractivity contribution is 5.89. The SMILES string of the molecule is COc1ccc2c3c1O[C@H]1C(OC(=O)CC(O)C(=O)OC(C)C(=O)NC(CC(C)C)C(=O)O)=CC[C@@]4(O)[C@@H](C2)N(C)CC[C@]314. The Morgan fingerprint density at radius 2 is 1.93 bits per heavy atom. The van der Waals surface area contributed by atoms with Crippen molar-refractivity contribution in [1.29, 1.82) is 0 Å². The minimum absolute atomic E-state index is 0.0124. The summed E-state index contributed by atoms with van der Waals surface area (Å²) in [5.41, 5.74) is -0.187. The number of carboxylic acid groups (broad SMARTS) is 1. The summed E-state index contributed by atoms with van der Waals surface area (Å²) in [5, 5.41) is 34.3. The van der Waals surface area contributed by atoms with E-state index in [1.807, 2.05) is 19.2 Å². The number of carbonyl (C=O) groups is 4. The lowest BCUT2D eigenvalue weighted by molar-refractivity contribution is -0.172. The lowest BCUT2D eigenvalue weighted by atomic mass is 9.50. The van der Waals surface area contributed by atoms with Crippen LogP contribution in [0.1, 0.15) is 57.6 Å². The number of carbonyl (C=O) groups excluding carboxylic acids is 3. The highest BCUT2D eigenvalue weighted by Crippen LogP contribution is 2.65. The van der Waals surface area contributed by atoms with Gasteiger partial charge in [-0.3, -0.25) is 9.59 Å². The number of carboxylic acids is 1. The van der Waals surface area contributed by atoms with Crippen LogP contribution in [0.25, 0.3) is 0 Å². The molecule has 1 amide bonds. The molecule has 1 spiro atoms. The second-order valence-corrected chi connectivity index (χ2v) is 12.6. The Labute approximate surface area is 255 Å². The van der Waals surface area contributed by atoms with Crippen molar-refractivity contribution in [2.24, 2.45) is 5.92 Å². The van der Waals surface area contributed by atoms with Crippen LogP contribution in [0.4, 0.5) is 0 Å². The molecule has 2 bridgehead atoms. The van der Waals surface area contributed by atoms with Crippen molar-refractivity contribution in [3.8, 4) is 11.5 Å². The molecule has 240 valence electrons. The average molecular weight is 617 g/mol. The van der Waals surface area contributed by atoms with Crippen molar-refractivity contribution < 1.29 is 53.4 Å². The normalized spacial score (nSPS) is 28.5. The van der Waals surface area contributed by atoms with Crippen LogP contribution >= 0.6 is 0 Å². The van der Waals surface area contributed by atoms with E-state index < -0.39 is 65.6 Å². The van der Waals surface area contributed by atoms with Crippen LogP contribution in [0.3, 0.4) is 0 Å². The van der Waals surface area contributed by atoms with Gasteiger partial charge in [-0.15, -0.1) is 0 Å². The van der Waals surface area contributed by atoms with Crippen molar-refractivity contribution >= 4 is 23.8 Å². The van der Waals surface area contributed by atoms with Crippen LogP contribution in [-0.2, 0) is 40.5 Å². The van der Waals surface area contributed by atoms with Crippen molar-refractivity contribution in [2.45, 2.75) is 94.3 Å². The number of nitrogens with one attached hydrogen (secondary N) is 1. The van der Waals surface area contributed by atoms with Gasteiger partial charge in [0.15, 0.2) is 29.8 Å². The molecule has 4 N–H and O–H groups in total. The third-order valence-electron chi connectivity index (χ3n) is 9.41. The van der Waals surface area contributed by atoms with E-state index in [-0.39, 0.29) is 30.6 Å². The molecule has 13 nitrogen and oxygen atoms in total. The van der Waals surface area contributed by atoms with Crippen molar-refractivity contribution in [3.05, 3.63) is 35.1 Å². The molecule has 44 heavy (non-hydrogen) atoms. The Kier molecular flexibility index (Phi) is 8.42. The number of hydrogen-bond donors (Lipinski definition) is 4. The molecular formula is C31H40N2O11. The predicted octanol–water partition coefficient (Wildman–Crippen LogP) is 0.814. The highest BCUT2D eigenvalue weighted by atomic mass is 16.6. The first-order valence-electron chi connectivity index (χ1n) is 14.9. The maximum atomic E-state index is 13.0. The number of rotatable bonds is 11. The number of amides is 1. The monoisotopic (exact) mass is 616 g/mol. The Morgan fingerprint density at radius 1 is 1.20 bits per heavy atom. The van der Waals surface area contributed by atoms with Crippen molar-refractivity contribution in [2.75, 3.05) is 20.7 Å². The molecule has 0 aromatic heterocycles. The number of ether oxygens (including phenoxy) is 4. The summed E-state index contributed by atoms with van der Waals surface area (Å²) in [6.07, 6.45) is -1.81. The topological polar surface area (TPSA) is 181 Å². The molecule has 1 aromatic rings. The first-order chi connectivity index (χ1) is 20.7. The van der Waals surface area contributed by atoms with E-state index >= 15 is 0 Å². The van der Waals surface area contributed by atoms with Gasteiger partial charge >= 0.3 is 17.9 Å². The molecular weight excluding hydrogens is 576 g/mol. The number of likely N-dealkylation sites (N-methyl/N-ethyl adjacent to an activating group) is 1. The highest BCUT2D eigenvalue weighted by Gasteiger charge is 2.72. The zero-order chi connectivity index (χ0) is 32.1. The molecule has 1 fully saturated rings. The largest absolute Gasteiger partial charge is 0.493 e. The van der Waals surface area contributed by atoms with Crippen LogP contribution in [0, 0.1) is 5.92 Å². The van der Waals surface area contributed by atoms with Gasteiger partial charge < -0.3 is 44.5 Å². The second-order valence-electron chi connectivity index (χ2n) is 12.6. The number of aliphatic carboxylic acids is 1. The van der Waals surface area contributed by atoms with Crippen LogP contribution in [0.15, 0.2) is 24.0 Å². The first-order valence-corrected chi connectivity index (χ1v) is 14.9. The summed E-state index contributed by atoms with van der Waals surface area (Å²) in [7, 11) is 3.52. The molecule has 1 saturated heterocycles. The third-order valence-corrected chi connectivity index (χ3v) is 9.41. The van der Waals surface area contributed by atoms with Gasteiger partial charge in [0, 0.05) is 18.0 Å². The lowest BCUT2D eigenvalue weighted by Gasteiger charge is -2.61. The van der Waals surface area contributed by atoms with Gasteiger partial charge in [0.2, 0.25) is 0 Å². The van der Waals surface area contributed by atoms with E-state index in [0.29, 0.717) is 30.9 Å². The first kappa shape index (κ1) is 31.7. The van der Waals surface area contributed by atoms with Crippen molar-refractivity contribution in [1.82, 2.24) is 10.2 Å². The Morgan fingerprint density at radius 3 is 2.59 bits per heavy atom. The number of nitrogens with zero attached hydrogens (tertiary/aromatic N) is 1. The number of esters is 2. The number of benzene rings is 1. The van der Waals surface area contributed by atoms with E-state index in [2.05, 4.69) is 10.2 Å². The van der Waals surface area contributed by atoms with E-state index in [0.717, 1.165) is 11.1 Å². The summed E-state index contributed by atoms with van der Waals surface area (Å²) in [4.78, 5) is 51.5. The molecule has 13 heteroatoms. The van der Waals surface area contributed by atoms with Gasteiger partial charge in [-0.1, -0.05) is 19.9 Å². The Bertz CT molecular complexity index is 1390. The Hall–Kier alpha value is -3.68. The number of methoxy groups -OCH3 is 1. The molecule has 5 rings (SSSR count). The van der Waals surface area contributed by atoms with E-state index in [4.69, 9.17) is 18.9 Å². The fourth-order valence-corrected chi connectivity index (χ4v) is 7.29. The molecule has 0 radical (unpaired) electrons. The van der Waals surface area contributed by atoms with Gasteiger partial charge in [-0.2, -0.15) is 0 Å². The summed E-state index contributed by atoms with van der Waals surface area (Å²) in [6, 6.07) is 2.45. The number of piperidine rings is 1. The minimum atomic E-state index is -1.95. The molecule has 2 heterocycles. The van der Waals surface area contributed by atoms with Gasteiger partial charge in [-0.25, -0.2) is 9.59 Å². The molecule has 4 aliphatic rings. The average Bonchev–Trinajstić information content (AvgIpc) is 3.31. The molecule has 0 saturated carbocycles. The van der Waals surface area contributed by atoms with Gasteiger partial charge in [0.05, 0.1) is 24.5 Å². The summed E-state index contributed by atoms with van der Waals surface area (Å²) >= 11 is 0. The number of hydrogen-bond acceptors (Lipinski definition) is 11.